The van der Waals surface area contributed by atoms with Crippen molar-refractivity contribution in [1.82, 2.24) is 5.32 Å². The normalized spacial score (nSPS) is 10.4. The SMILES string of the molecule is COc1cc(OC)c(OC)cc1CNC(=O)CSc1cc(C)c(Br)cc1C. The molecule has 1 amide bonds. The molecule has 0 spiro atoms. The second kappa shape index (κ2) is 9.90. The lowest BCUT2D eigenvalue weighted by Gasteiger charge is -2.14. The summed E-state index contributed by atoms with van der Waals surface area (Å²) in [6, 6.07) is 7.73. The molecule has 0 bridgehead atoms. The highest BCUT2D eigenvalue weighted by Gasteiger charge is 2.13. The maximum Gasteiger partial charge on any atom is 0.230 e. The third-order valence-electron chi connectivity index (χ3n) is 4.08. The molecule has 27 heavy (non-hydrogen) atoms. The largest absolute Gasteiger partial charge is 0.496 e. The number of benzene rings is 2. The molecule has 0 unspecified atom stereocenters. The van der Waals surface area contributed by atoms with Gasteiger partial charge in [0.05, 0.1) is 27.1 Å². The fourth-order valence-corrected chi connectivity index (χ4v) is 3.92. The summed E-state index contributed by atoms with van der Waals surface area (Å²) in [6.07, 6.45) is 0. The van der Waals surface area contributed by atoms with Crippen molar-refractivity contribution >= 4 is 33.6 Å². The number of halogens is 1. The van der Waals surface area contributed by atoms with Crippen molar-refractivity contribution in [1.29, 1.82) is 0 Å². The van der Waals surface area contributed by atoms with E-state index in [-0.39, 0.29) is 5.91 Å². The standard InChI is InChI=1S/C20H24BrNO4S/c1-12-7-19(13(2)6-15(12)21)27-11-20(23)22-10-14-8-17(25-4)18(26-5)9-16(14)24-3/h6-9H,10-11H2,1-5H3,(H,22,23). The van der Waals surface area contributed by atoms with Crippen molar-refractivity contribution in [2.75, 3.05) is 27.1 Å². The molecule has 7 heteroatoms. The van der Waals surface area contributed by atoms with Gasteiger partial charge in [-0.15, -0.1) is 11.8 Å². The third-order valence-corrected chi connectivity index (χ3v) is 6.09. The van der Waals surface area contributed by atoms with Crippen LogP contribution in [0.1, 0.15) is 16.7 Å². The molecular weight excluding hydrogens is 430 g/mol. The lowest BCUT2D eigenvalue weighted by atomic mass is 10.1. The first kappa shape index (κ1) is 21.4. The number of hydrogen-bond acceptors (Lipinski definition) is 5. The number of ether oxygens (including phenoxy) is 3. The highest BCUT2D eigenvalue weighted by atomic mass is 79.9. The van der Waals surface area contributed by atoms with E-state index in [0.29, 0.717) is 29.5 Å². The van der Waals surface area contributed by atoms with Crippen LogP contribution < -0.4 is 19.5 Å². The van der Waals surface area contributed by atoms with E-state index in [1.807, 2.05) is 19.9 Å². The zero-order valence-corrected chi connectivity index (χ0v) is 18.5. The summed E-state index contributed by atoms with van der Waals surface area (Å²) in [5.74, 6) is 2.12. The zero-order chi connectivity index (χ0) is 20.0. The number of rotatable bonds is 8. The molecule has 0 aliphatic rings. The van der Waals surface area contributed by atoms with Crippen LogP contribution in [-0.2, 0) is 11.3 Å². The van der Waals surface area contributed by atoms with E-state index in [9.17, 15) is 4.79 Å². The first-order valence-corrected chi connectivity index (χ1v) is 10.1. The summed E-state index contributed by atoms with van der Waals surface area (Å²) >= 11 is 5.05. The monoisotopic (exact) mass is 453 g/mol. The van der Waals surface area contributed by atoms with Gasteiger partial charge in [-0.1, -0.05) is 15.9 Å². The second-order valence-corrected chi connectivity index (χ2v) is 7.82. The van der Waals surface area contributed by atoms with Gasteiger partial charge in [0.1, 0.15) is 5.75 Å². The number of amides is 1. The molecule has 0 atom stereocenters. The van der Waals surface area contributed by atoms with Gasteiger partial charge in [-0.2, -0.15) is 0 Å². The Hall–Kier alpha value is -1.86. The molecule has 2 aromatic carbocycles. The molecule has 2 rings (SSSR count). The second-order valence-electron chi connectivity index (χ2n) is 5.95. The van der Waals surface area contributed by atoms with E-state index in [4.69, 9.17) is 14.2 Å². The number of carbonyl (C=O) groups excluding carboxylic acids is 1. The summed E-state index contributed by atoms with van der Waals surface area (Å²) in [6.45, 7) is 4.43. The molecule has 0 aliphatic carbocycles. The van der Waals surface area contributed by atoms with Crippen molar-refractivity contribution in [3.05, 3.63) is 45.4 Å². The Kier molecular flexibility index (Phi) is 7.86. The van der Waals surface area contributed by atoms with Gasteiger partial charge in [-0.25, -0.2) is 0 Å². The molecule has 0 saturated carbocycles. The predicted molar refractivity (Wildman–Crippen MR) is 112 cm³/mol. The van der Waals surface area contributed by atoms with Gasteiger partial charge in [-0.3, -0.25) is 4.79 Å². The molecular formula is C20H24BrNO4S. The van der Waals surface area contributed by atoms with Gasteiger partial charge in [0.15, 0.2) is 11.5 Å². The van der Waals surface area contributed by atoms with Crippen LogP contribution in [0, 0.1) is 13.8 Å². The average Bonchev–Trinajstić information content (AvgIpc) is 2.67. The predicted octanol–water partition coefficient (Wildman–Crippen LogP) is 4.50. The Morgan fingerprint density at radius 1 is 0.963 bits per heavy atom. The first-order valence-electron chi connectivity index (χ1n) is 8.34. The van der Waals surface area contributed by atoms with Crippen molar-refractivity contribution in [2.24, 2.45) is 0 Å². The number of thioether (sulfide) groups is 1. The Morgan fingerprint density at radius 2 is 1.59 bits per heavy atom. The van der Waals surface area contributed by atoms with Gasteiger partial charge in [-0.05, 0) is 43.2 Å². The number of nitrogens with one attached hydrogen (secondary N) is 1. The lowest BCUT2D eigenvalue weighted by molar-refractivity contribution is -0.118. The minimum absolute atomic E-state index is 0.0446. The van der Waals surface area contributed by atoms with Crippen LogP contribution in [-0.4, -0.2) is 33.0 Å². The summed E-state index contributed by atoms with van der Waals surface area (Å²) in [5, 5.41) is 2.93. The quantitative estimate of drug-likeness (QED) is 0.596. The van der Waals surface area contributed by atoms with Crippen molar-refractivity contribution < 1.29 is 19.0 Å². The van der Waals surface area contributed by atoms with E-state index in [1.54, 1.807) is 27.4 Å². The Labute approximate surface area is 172 Å². The Balaban J connectivity index is 2.00. The minimum atomic E-state index is -0.0446. The fourth-order valence-electron chi connectivity index (χ4n) is 2.53. The maximum absolute atomic E-state index is 12.3. The molecule has 1 N–H and O–H groups in total. The van der Waals surface area contributed by atoms with Crippen LogP contribution >= 0.6 is 27.7 Å². The van der Waals surface area contributed by atoms with Crippen LogP contribution in [0.4, 0.5) is 0 Å². The van der Waals surface area contributed by atoms with Gasteiger partial charge in [0.25, 0.3) is 0 Å². The van der Waals surface area contributed by atoms with Crippen LogP contribution in [0.5, 0.6) is 17.2 Å². The summed E-state index contributed by atoms with van der Waals surface area (Å²) < 4.78 is 17.1. The van der Waals surface area contributed by atoms with Gasteiger partial charge < -0.3 is 19.5 Å². The topological polar surface area (TPSA) is 56.8 Å². The first-order chi connectivity index (χ1) is 12.9. The fraction of sp³-hybridized carbons (Fsp3) is 0.350. The van der Waals surface area contributed by atoms with E-state index in [2.05, 4.69) is 33.4 Å². The average molecular weight is 454 g/mol. The van der Waals surface area contributed by atoms with Gasteiger partial charge in [0, 0.05) is 27.5 Å². The van der Waals surface area contributed by atoms with Crippen molar-refractivity contribution in [2.45, 2.75) is 25.3 Å². The van der Waals surface area contributed by atoms with Crippen LogP contribution in [0.15, 0.2) is 33.6 Å². The number of aryl methyl sites for hydroxylation is 2. The Morgan fingerprint density at radius 3 is 2.22 bits per heavy atom. The van der Waals surface area contributed by atoms with Crippen LogP contribution in [0.25, 0.3) is 0 Å². The molecule has 0 heterocycles. The zero-order valence-electron chi connectivity index (χ0n) is 16.1. The number of hydrogen-bond donors (Lipinski definition) is 1. The minimum Gasteiger partial charge on any atom is -0.496 e. The maximum atomic E-state index is 12.3. The molecule has 2 aromatic rings. The van der Waals surface area contributed by atoms with E-state index < -0.39 is 0 Å². The van der Waals surface area contributed by atoms with E-state index >= 15 is 0 Å². The molecule has 0 saturated heterocycles. The van der Waals surface area contributed by atoms with Gasteiger partial charge >= 0.3 is 0 Å². The Bertz CT molecular complexity index is 826. The van der Waals surface area contributed by atoms with E-state index in [1.165, 1.54) is 11.8 Å². The summed E-state index contributed by atoms with van der Waals surface area (Å²) in [5.41, 5.74) is 3.12. The number of methoxy groups -OCH3 is 3. The highest BCUT2D eigenvalue weighted by molar-refractivity contribution is 9.10. The molecule has 0 radical (unpaired) electrons. The molecule has 0 aromatic heterocycles. The third kappa shape index (κ3) is 5.56. The number of carbonyl (C=O) groups is 1. The van der Waals surface area contributed by atoms with Gasteiger partial charge in [0.2, 0.25) is 5.91 Å². The van der Waals surface area contributed by atoms with E-state index in [0.717, 1.165) is 26.1 Å². The summed E-state index contributed by atoms with van der Waals surface area (Å²) in [7, 11) is 4.73. The summed E-state index contributed by atoms with van der Waals surface area (Å²) in [4.78, 5) is 13.4. The van der Waals surface area contributed by atoms with Crippen molar-refractivity contribution in [3.8, 4) is 17.2 Å². The smallest absolute Gasteiger partial charge is 0.230 e. The molecule has 0 aliphatic heterocycles. The molecule has 5 nitrogen and oxygen atoms in total. The molecule has 146 valence electrons. The molecule has 0 fully saturated rings. The van der Waals surface area contributed by atoms with Crippen molar-refractivity contribution in [3.63, 3.8) is 0 Å². The van der Waals surface area contributed by atoms with Crippen LogP contribution in [0.2, 0.25) is 0 Å². The highest BCUT2D eigenvalue weighted by Crippen LogP contribution is 2.34. The lowest BCUT2D eigenvalue weighted by Crippen LogP contribution is -2.24. The van der Waals surface area contributed by atoms with Crippen LogP contribution in [0.3, 0.4) is 0 Å².